The van der Waals surface area contributed by atoms with Crippen LogP contribution in [0.25, 0.3) is 11.1 Å². The van der Waals surface area contributed by atoms with Gasteiger partial charge in [0.25, 0.3) is 5.91 Å². The Labute approximate surface area is 205 Å². The fourth-order valence-corrected chi connectivity index (χ4v) is 3.62. The molecule has 0 aromatic heterocycles. The standard InChI is InChI=1S/C30H27NO4/c1-20-4-7-23(8-5-20)24-9-13-26(14-10-24)34-19-29(32)35-27-15-11-25(12-16-27)30(33)31-28-17-6-21(2)18-22(28)3/h4-18H,19H2,1-3H3,(H,31,33). The van der Waals surface area contributed by atoms with Crippen LogP contribution in [0.1, 0.15) is 27.0 Å². The van der Waals surface area contributed by atoms with E-state index < -0.39 is 5.97 Å². The first-order valence-electron chi connectivity index (χ1n) is 11.4. The zero-order valence-corrected chi connectivity index (χ0v) is 20.0. The van der Waals surface area contributed by atoms with Crippen molar-refractivity contribution in [1.29, 1.82) is 0 Å². The summed E-state index contributed by atoms with van der Waals surface area (Å²) < 4.78 is 10.9. The largest absolute Gasteiger partial charge is 0.482 e. The number of hydrogen-bond acceptors (Lipinski definition) is 4. The van der Waals surface area contributed by atoms with Gasteiger partial charge in [-0.25, -0.2) is 4.79 Å². The van der Waals surface area contributed by atoms with E-state index in [2.05, 4.69) is 36.5 Å². The number of benzene rings is 4. The summed E-state index contributed by atoms with van der Waals surface area (Å²) in [5, 5.41) is 2.90. The van der Waals surface area contributed by atoms with Gasteiger partial charge in [0.05, 0.1) is 0 Å². The monoisotopic (exact) mass is 465 g/mol. The van der Waals surface area contributed by atoms with Gasteiger partial charge in [-0.3, -0.25) is 4.79 Å². The van der Waals surface area contributed by atoms with Crippen LogP contribution < -0.4 is 14.8 Å². The van der Waals surface area contributed by atoms with Crippen LogP contribution in [0.5, 0.6) is 11.5 Å². The van der Waals surface area contributed by atoms with Crippen molar-refractivity contribution in [3.8, 4) is 22.6 Å². The van der Waals surface area contributed by atoms with Crippen LogP contribution in [0, 0.1) is 20.8 Å². The Bertz CT molecular complexity index is 1320. The zero-order chi connectivity index (χ0) is 24.8. The quantitative estimate of drug-likeness (QED) is 0.249. The minimum atomic E-state index is -0.528. The zero-order valence-electron chi connectivity index (χ0n) is 20.0. The molecule has 4 rings (SSSR count). The van der Waals surface area contributed by atoms with Crippen molar-refractivity contribution in [1.82, 2.24) is 0 Å². The Morgan fingerprint density at radius 2 is 1.26 bits per heavy atom. The Kier molecular flexibility index (Phi) is 7.27. The predicted octanol–water partition coefficient (Wildman–Crippen LogP) is 6.52. The van der Waals surface area contributed by atoms with Gasteiger partial charge < -0.3 is 14.8 Å². The number of hydrogen-bond donors (Lipinski definition) is 1. The molecular formula is C30H27NO4. The van der Waals surface area contributed by atoms with Gasteiger partial charge in [-0.1, -0.05) is 59.7 Å². The summed E-state index contributed by atoms with van der Waals surface area (Å²) in [7, 11) is 0. The molecule has 0 fully saturated rings. The summed E-state index contributed by atoms with van der Waals surface area (Å²) in [5.74, 6) is 0.167. The van der Waals surface area contributed by atoms with Gasteiger partial charge in [-0.15, -0.1) is 0 Å². The molecule has 0 spiro atoms. The molecule has 0 heterocycles. The molecule has 35 heavy (non-hydrogen) atoms. The molecule has 176 valence electrons. The highest BCUT2D eigenvalue weighted by Crippen LogP contribution is 2.23. The fourth-order valence-electron chi connectivity index (χ4n) is 3.62. The highest BCUT2D eigenvalue weighted by atomic mass is 16.6. The number of ether oxygens (including phenoxy) is 2. The van der Waals surface area contributed by atoms with Crippen molar-refractivity contribution in [2.45, 2.75) is 20.8 Å². The van der Waals surface area contributed by atoms with Gasteiger partial charge in [-0.05, 0) is 79.9 Å². The lowest BCUT2D eigenvalue weighted by Crippen LogP contribution is -2.18. The van der Waals surface area contributed by atoms with Crippen LogP contribution in [-0.2, 0) is 4.79 Å². The average molecular weight is 466 g/mol. The second-order valence-electron chi connectivity index (χ2n) is 8.45. The summed E-state index contributed by atoms with van der Waals surface area (Å²) in [4.78, 5) is 24.7. The molecule has 1 amide bonds. The Balaban J connectivity index is 1.28. The normalized spacial score (nSPS) is 10.5. The van der Waals surface area contributed by atoms with Gasteiger partial charge in [0.15, 0.2) is 6.61 Å². The van der Waals surface area contributed by atoms with Crippen LogP contribution in [0.4, 0.5) is 5.69 Å². The summed E-state index contributed by atoms with van der Waals surface area (Å²) in [6, 6.07) is 28.1. The van der Waals surface area contributed by atoms with Crippen molar-refractivity contribution < 1.29 is 19.1 Å². The third-order valence-electron chi connectivity index (χ3n) is 5.57. The van der Waals surface area contributed by atoms with Gasteiger partial charge in [0.2, 0.25) is 0 Å². The molecule has 0 aliphatic carbocycles. The smallest absolute Gasteiger partial charge is 0.349 e. The maximum Gasteiger partial charge on any atom is 0.349 e. The molecule has 5 heteroatoms. The molecule has 0 saturated heterocycles. The summed E-state index contributed by atoms with van der Waals surface area (Å²) in [6.45, 7) is 5.79. The van der Waals surface area contributed by atoms with E-state index >= 15 is 0 Å². The lowest BCUT2D eigenvalue weighted by atomic mass is 10.0. The van der Waals surface area contributed by atoms with Crippen LogP contribution in [-0.4, -0.2) is 18.5 Å². The van der Waals surface area contributed by atoms with E-state index in [1.807, 2.05) is 56.3 Å². The van der Waals surface area contributed by atoms with Crippen LogP contribution in [0.3, 0.4) is 0 Å². The highest BCUT2D eigenvalue weighted by Gasteiger charge is 2.10. The van der Waals surface area contributed by atoms with Crippen molar-refractivity contribution in [3.05, 3.63) is 113 Å². The summed E-state index contributed by atoms with van der Waals surface area (Å²) in [6.07, 6.45) is 0. The number of rotatable bonds is 7. The first-order valence-corrected chi connectivity index (χ1v) is 11.4. The molecule has 0 aliphatic heterocycles. The van der Waals surface area contributed by atoms with Crippen molar-refractivity contribution >= 4 is 17.6 Å². The lowest BCUT2D eigenvalue weighted by Gasteiger charge is -2.10. The van der Waals surface area contributed by atoms with Crippen molar-refractivity contribution in [3.63, 3.8) is 0 Å². The van der Waals surface area contributed by atoms with Crippen LogP contribution >= 0.6 is 0 Å². The molecule has 0 aliphatic rings. The molecule has 4 aromatic carbocycles. The Morgan fingerprint density at radius 1 is 0.686 bits per heavy atom. The minimum absolute atomic E-state index is 0.223. The molecule has 5 nitrogen and oxygen atoms in total. The Morgan fingerprint density at radius 3 is 1.89 bits per heavy atom. The number of aryl methyl sites for hydroxylation is 3. The number of esters is 1. The van der Waals surface area contributed by atoms with E-state index in [0.717, 1.165) is 27.9 Å². The van der Waals surface area contributed by atoms with Gasteiger partial charge in [-0.2, -0.15) is 0 Å². The maximum atomic E-state index is 12.5. The molecular weight excluding hydrogens is 438 g/mol. The second kappa shape index (κ2) is 10.7. The maximum absolute atomic E-state index is 12.5. The van der Waals surface area contributed by atoms with Crippen LogP contribution in [0.2, 0.25) is 0 Å². The summed E-state index contributed by atoms with van der Waals surface area (Å²) in [5.41, 5.74) is 6.76. The van der Waals surface area contributed by atoms with E-state index in [1.54, 1.807) is 24.3 Å². The lowest BCUT2D eigenvalue weighted by molar-refractivity contribution is -0.136. The number of carbonyl (C=O) groups excluding carboxylic acids is 2. The first-order chi connectivity index (χ1) is 16.9. The molecule has 0 saturated carbocycles. The second-order valence-corrected chi connectivity index (χ2v) is 8.45. The topological polar surface area (TPSA) is 64.6 Å². The molecule has 4 aromatic rings. The number of amides is 1. The van der Waals surface area contributed by atoms with Gasteiger partial charge in [0.1, 0.15) is 11.5 Å². The van der Waals surface area contributed by atoms with Crippen molar-refractivity contribution in [2.24, 2.45) is 0 Å². The van der Waals surface area contributed by atoms with E-state index in [-0.39, 0.29) is 12.5 Å². The molecule has 0 bridgehead atoms. The molecule has 0 radical (unpaired) electrons. The predicted molar refractivity (Wildman–Crippen MR) is 138 cm³/mol. The summed E-state index contributed by atoms with van der Waals surface area (Å²) >= 11 is 0. The first kappa shape index (κ1) is 23.8. The molecule has 1 N–H and O–H groups in total. The number of anilines is 1. The number of carbonyl (C=O) groups is 2. The highest BCUT2D eigenvalue weighted by molar-refractivity contribution is 6.04. The fraction of sp³-hybridized carbons (Fsp3) is 0.133. The third-order valence-corrected chi connectivity index (χ3v) is 5.57. The van der Waals surface area contributed by atoms with Crippen molar-refractivity contribution in [2.75, 3.05) is 11.9 Å². The van der Waals surface area contributed by atoms with E-state index in [9.17, 15) is 9.59 Å². The average Bonchev–Trinajstić information content (AvgIpc) is 2.86. The van der Waals surface area contributed by atoms with Gasteiger partial charge >= 0.3 is 5.97 Å². The SMILES string of the molecule is Cc1ccc(-c2ccc(OCC(=O)Oc3ccc(C(=O)Nc4ccc(C)cc4C)cc3)cc2)cc1. The third kappa shape index (κ3) is 6.36. The van der Waals surface area contributed by atoms with Gasteiger partial charge in [0, 0.05) is 11.3 Å². The van der Waals surface area contributed by atoms with Crippen LogP contribution in [0.15, 0.2) is 91.0 Å². The molecule has 0 unspecified atom stereocenters. The minimum Gasteiger partial charge on any atom is -0.482 e. The van der Waals surface area contributed by atoms with E-state index in [4.69, 9.17) is 9.47 Å². The van der Waals surface area contributed by atoms with E-state index in [1.165, 1.54) is 5.56 Å². The Hall–Kier alpha value is -4.38. The van der Waals surface area contributed by atoms with E-state index in [0.29, 0.717) is 17.1 Å². The molecule has 0 atom stereocenters. The number of nitrogens with one attached hydrogen (secondary N) is 1.